The first-order valence-electron chi connectivity index (χ1n) is 4.33. The van der Waals surface area contributed by atoms with Crippen LogP contribution in [0, 0.1) is 11.6 Å². The molecule has 0 bridgehead atoms. The lowest BCUT2D eigenvalue weighted by Crippen LogP contribution is -1.96. The summed E-state index contributed by atoms with van der Waals surface area (Å²) < 4.78 is 30.9. The minimum absolute atomic E-state index is 0.0231. The predicted molar refractivity (Wildman–Crippen MR) is 49.2 cm³/mol. The van der Waals surface area contributed by atoms with Gasteiger partial charge in [-0.2, -0.15) is 4.98 Å². The van der Waals surface area contributed by atoms with Gasteiger partial charge in [-0.15, -0.1) is 0 Å². The van der Waals surface area contributed by atoms with E-state index < -0.39 is 22.9 Å². The number of hydrogen-bond donors (Lipinski definition) is 2. The van der Waals surface area contributed by atoms with Crippen LogP contribution in [0.1, 0.15) is 5.89 Å². The standard InChI is InChI=1S/C9H7F2N3O2/c10-4-1-2-5(15)7(8(4)11)9-13-6(3-12)16-14-9/h1-2,15H,3,12H2. The molecule has 0 aliphatic carbocycles. The van der Waals surface area contributed by atoms with Crippen molar-refractivity contribution in [2.45, 2.75) is 6.54 Å². The molecule has 0 fully saturated rings. The van der Waals surface area contributed by atoms with Crippen molar-refractivity contribution in [2.75, 3.05) is 0 Å². The van der Waals surface area contributed by atoms with Gasteiger partial charge in [0, 0.05) is 0 Å². The number of aromatic nitrogens is 2. The van der Waals surface area contributed by atoms with Gasteiger partial charge in [-0.1, -0.05) is 5.16 Å². The molecule has 0 saturated heterocycles. The number of benzene rings is 1. The monoisotopic (exact) mass is 227 g/mol. The van der Waals surface area contributed by atoms with E-state index in [0.717, 1.165) is 12.1 Å². The van der Waals surface area contributed by atoms with Gasteiger partial charge < -0.3 is 15.4 Å². The minimum Gasteiger partial charge on any atom is -0.507 e. The van der Waals surface area contributed by atoms with Crippen molar-refractivity contribution in [3.63, 3.8) is 0 Å². The van der Waals surface area contributed by atoms with Crippen LogP contribution in [-0.2, 0) is 6.54 Å². The molecule has 0 radical (unpaired) electrons. The molecule has 5 nitrogen and oxygen atoms in total. The maximum atomic E-state index is 13.4. The molecule has 1 aromatic heterocycles. The van der Waals surface area contributed by atoms with Crippen LogP contribution >= 0.6 is 0 Å². The van der Waals surface area contributed by atoms with Crippen LogP contribution < -0.4 is 5.73 Å². The maximum absolute atomic E-state index is 13.4. The summed E-state index contributed by atoms with van der Waals surface area (Å²) in [5, 5.41) is 12.8. The van der Waals surface area contributed by atoms with Gasteiger partial charge in [-0.25, -0.2) is 8.78 Å². The number of rotatable bonds is 2. The molecule has 0 saturated carbocycles. The summed E-state index contributed by atoms with van der Waals surface area (Å²) in [5.41, 5.74) is 4.78. The molecule has 2 rings (SSSR count). The number of phenolic OH excluding ortho intramolecular Hbond substituents is 1. The second kappa shape index (κ2) is 3.86. The van der Waals surface area contributed by atoms with Crippen LogP contribution in [-0.4, -0.2) is 15.2 Å². The van der Waals surface area contributed by atoms with Crippen LogP contribution in [0.25, 0.3) is 11.4 Å². The predicted octanol–water partition coefficient (Wildman–Crippen LogP) is 1.18. The van der Waals surface area contributed by atoms with E-state index >= 15 is 0 Å². The molecule has 1 aromatic carbocycles. The third kappa shape index (κ3) is 1.61. The summed E-state index contributed by atoms with van der Waals surface area (Å²) in [5.74, 6) is -2.98. The lowest BCUT2D eigenvalue weighted by molar-refractivity contribution is 0.379. The Balaban J connectivity index is 2.58. The fourth-order valence-corrected chi connectivity index (χ4v) is 1.19. The van der Waals surface area contributed by atoms with Gasteiger partial charge in [0.1, 0.15) is 11.3 Å². The minimum atomic E-state index is -1.23. The van der Waals surface area contributed by atoms with Gasteiger partial charge in [0.15, 0.2) is 11.6 Å². The molecule has 0 aliphatic heterocycles. The Kier molecular flexibility index (Phi) is 2.53. The van der Waals surface area contributed by atoms with Crippen molar-refractivity contribution in [1.29, 1.82) is 0 Å². The van der Waals surface area contributed by atoms with Gasteiger partial charge >= 0.3 is 0 Å². The molecule has 16 heavy (non-hydrogen) atoms. The molecule has 3 N–H and O–H groups in total. The Morgan fingerprint density at radius 2 is 2.12 bits per heavy atom. The van der Waals surface area contributed by atoms with Gasteiger partial charge in [0.25, 0.3) is 0 Å². The highest BCUT2D eigenvalue weighted by atomic mass is 19.2. The lowest BCUT2D eigenvalue weighted by Gasteiger charge is -2.01. The number of halogens is 2. The fourth-order valence-electron chi connectivity index (χ4n) is 1.19. The Bertz CT molecular complexity index is 527. The zero-order valence-electron chi connectivity index (χ0n) is 7.94. The van der Waals surface area contributed by atoms with Crippen molar-refractivity contribution in [3.05, 3.63) is 29.7 Å². The van der Waals surface area contributed by atoms with E-state index in [2.05, 4.69) is 14.7 Å². The molecule has 0 spiro atoms. The summed E-state index contributed by atoms with van der Waals surface area (Å²) in [6, 6.07) is 1.81. The molecule has 0 unspecified atom stereocenters. The van der Waals surface area contributed by atoms with E-state index in [1.165, 1.54) is 0 Å². The highest BCUT2D eigenvalue weighted by molar-refractivity contribution is 5.64. The smallest absolute Gasteiger partial charge is 0.240 e. The number of phenols is 1. The van der Waals surface area contributed by atoms with Crippen molar-refractivity contribution in [1.82, 2.24) is 10.1 Å². The molecule has 2 aromatic rings. The topological polar surface area (TPSA) is 85.2 Å². The average Bonchev–Trinajstić information content (AvgIpc) is 2.73. The van der Waals surface area contributed by atoms with E-state index in [1.807, 2.05) is 0 Å². The lowest BCUT2D eigenvalue weighted by atomic mass is 10.1. The van der Waals surface area contributed by atoms with E-state index in [9.17, 15) is 13.9 Å². The first-order valence-corrected chi connectivity index (χ1v) is 4.33. The zero-order chi connectivity index (χ0) is 11.7. The summed E-state index contributed by atoms with van der Waals surface area (Å²) >= 11 is 0. The summed E-state index contributed by atoms with van der Waals surface area (Å²) in [6.07, 6.45) is 0. The Hall–Kier alpha value is -2.02. The number of nitrogens with zero attached hydrogens (tertiary/aromatic N) is 2. The van der Waals surface area contributed by atoms with Crippen LogP contribution in [0.15, 0.2) is 16.7 Å². The molecule has 0 amide bonds. The van der Waals surface area contributed by atoms with Crippen LogP contribution in [0.2, 0.25) is 0 Å². The second-order valence-corrected chi connectivity index (χ2v) is 2.97. The van der Waals surface area contributed by atoms with Crippen molar-refractivity contribution < 1.29 is 18.4 Å². The maximum Gasteiger partial charge on any atom is 0.240 e. The SMILES string of the molecule is NCc1nc(-c2c(O)ccc(F)c2F)no1. The highest BCUT2D eigenvalue weighted by Crippen LogP contribution is 2.30. The first-order chi connectivity index (χ1) is 7.63. The summed E-state index contributed by atoms with van der Waals surface area (Å²) in [4.78, 5) is 3.69. The molecule has 0 atom stereocenters. The normalized spacial score (nSPS) is 10.7. The van der Waals surface area contributed by atoms with Gasteiger partial charge in [-0.05, 0) is 12.1 Å². The van der Waals surface area contributed by atoms with Gasteiger partial charge in [-0.3, -0.25) is 0 Å². The fraction of sp³-hybridized carbons (Fsp3) is 0.111. The number of aromatic hydroxyl groups is 1. The summed E-state index contributed by atoms with van der Waals surface area (Å²) in [7, 11) is 0. The number of hydrogen-bond acceptors (Lipinski definition) is 5. The van der Waals surface area contributed by atoms with Crippen LogP contribution in [0.5, 0.6) is 5.75 Å². The Morgan fingerprint density at radius 1 is 1.38 bits per heavy atom. The van der Waals surface area contributed by atoms with Crippen molar-refractivity contribution in [3.8, 4) is 17.1 Å². The molecular weight excluding hydrogens is 220 g/mol. The van der Waals surface area contributed by atoms with E-state index in [1.54, 1.807) is 0 Å². The van der Waals surface area contributed by atoms with Gasteiger partial charge in [0.05, 0.1) is 6.54 Å². The van der Waals surface area contributed by atoms with Gasteiger partial charge in [0.2, 0.25) is 11.7 Å². The first kappa shape index (κ1) is 10.5. The number of nitrogens with two attached hydrogens (primary N) is 1. The molecule has 7 heteroatoms. The van der Waals surface area contributed by atoms with Crippen LogP contribution in [0.4, 0.5) is 8.78 Å². The second-order valence-electron chi connectivity index (χ2n) is 2.97. The molecule has 0 aliphatic rings. The van der Waals surface area contributed by atoms with E-state index in [-0.39, 0.29) is 18.3 Å². The average molecular weight is 227 g/mol. The quantitative estimate of drug-likeness (QED) is 0.804. The molecule has 84 valence electrons. The Morgan fingerprint density at radius 3 is 2.75 bits per heavy atom. The van der Waals surface area contributed by atoms with Crippen molar-refractivity contribution in [2.24, 2.45) is 5.73 Å². The third-order valence-corrected chi connectivity index (χ3v) is 1.94. The van der Waals surface area contributed by atoms with E-state index in [4.69, 9.17) is 5.73 Å². The molecule has 1 heterocycles. The summed E-state index contributed by atoms with van der Waals surface area (Å²) in [6.45, 7) is -0.0231. The molecular formula is C9H7F2N3O2. The van der Waals surface area contributed by atoms with Crippen molar-refractivity contribution >= 4 is 0 Å². The van der Waals surface area contributed by atoms with E-state index in [0.29, 0.717) is 0 Å². The third-order valence-electron chi connectivity index (χ3n) is 1.94. The largest absolute Gasteiger partial charge is 0.507 e. The zero-order valence-corrected chi connectivity index (χ0v) is 7.94. The highest BCUT2D eigenvalue weighted by Gasteiger charge is 2.19. The van der Waals surface area contributed by atoms with Crippen LogP contribution in [0.3, 0.4) is 0 Å². The Labute approximate surface area is 88.5 Å².